The largest absolute Gasteiger partial charge is 0.462 e. The number of pyridine rings is 2. The lowest BCUT2D eigenvalue weighted by Crippen LogP contribution is -1.92. The molecule has 0 aliphatic heterocycles. The summed E-state index contributed by atoms with van der Waals surface area (Å²) in [4.78, 5) is 9.25. The number of benzene rings is 3. The quantitative estimate of drug-likeness (QED) is 0.336. The minimum absolute atomic E-state index is 0.821. The molecule has 0 fully saturated rings. The van der Waals surface area contributed by atoms with Crippen LogP contribution in [0.25, 0.3) is 43.9 Å². The Morgan fingerprint density at radius 2 is 1.57 bits per heavy atom. The van der Waals surface area contributed by atoms with Crippen LogP contribution in [0, 0.1) is 0 Å². The highest BCUT2D eigenvalue weighted by atomic mass is 16.3. The second-order valence-electron chi connectivity index (χ2n) is 7.57. The van der Waals surface area contributed by atoms with Crippen LogP contribution in [-0.2, 0) is 6.42 Å². The molecule has 0 aliphatic carbocycles. The number of aromatic nitrogens is 2. The van der Waals surface area contributed by atoms with Crippen molar-refractivity contribution in [3.8, 4) is 11.3 Å². The molecule has 3 aromatic heterocycles. The fourth-order valence-electron chi connectivity index (χ4n) is 4.19. The van der Waals surface area contributed by atoms with Crippen LogP contribution in [0.1, 0.15) is 11.1 Å². The summed E-state index contributed by atoms with van der Waals surface area (Å²) in [6, 6.07) is 27.6. The van der Waals surface area contributed by atoms with Gasteiger partial charge in [-0.05, 0) is 58.7 Å². The third-order valence-electron chi connectivity index (χ3n) is 5.63. The van der Waals surface area contributed by atoms with Gasteiger partial charge in [-0.15, -0.1) is 0 Å². The Morgan fingerprint density at radius 1 is 0.667 bits per heavy atom. The molecule has 6 rings (SSSR count). The predicted molar refractivity (Wildman–Crippen MR) is 122 cm³/mol. The van der Waals surface area contributed by atoms with Gasteiger partial charge in [0.05, 0.1) is 12.0 Å². The molecule has 0 unspecified atom stereocenters. The summed E-state index contributed by atoms with van der Waals surface area (Å²) in [6.07, 6.45) is 6.28. The van der Waals surface area contributed by atoms with E-state index in [4.69, 9.17) is 4.42 Å². The van der Waals surface area contributed by atoms with Gasteiger partial charge >= 0.3 is 0 Å². The first-order valence-electron chi connectivity index (χ1n) is 10.0. The first kappa shape index (κ1) is 16.9. The molecule has 3 nitrogen and oxygen atoms in total. The molecule has 0 bridgehead atoms. The number of furan rings is 1. The Bertz CT molecular complexity index is 1530. The molecule has 0 saturated carbocycles. The zero-order chi connectivity index (χ0) is 19.9. The molecule has 30 heavy (non-hydrogen) atoms. The first-order valence-corrected chi connectivity index (χ1v) is 10.0. The maximum atomic E-state index is 5.68. The van der Waals surface area contributed by atoms with Crippen LogP contribution < -0.4 is 0 Å². The fraction of sp³-hybridized carbons (Fsp3) is 0.0370. The van der Waals surface area contributed by atoms with Crippen molar-refractivity contribution in [3.05, 3.63) is 109 Å². The van der Waals surface area contributed by atoms with Gasteiger partial charge in [-0.2, -0.15) is 0 Å². The molecule has 3 heterocycles. The Hall–Kier alpha value is -3.98. The molecular weight excluding hydrogens is 368 g/mol. The highest BCUT2D eigenvalue weighted by Crippen LogP contribution is 2.33. The van der Waals surface area contributed by atoms with Gasteiger partial charge in [-0.1, -0.05) is 48.5 Å². The second-order valence-corrected chi connectivity index (χ2v) is 7.57. The molecule has 0 amide bonds. The molecule has 3 heteroatoms. The topological polar surface area (TPSA) is 38.9 Å². The molecule has 0 spiro atoms. The molecule has 0 radical (unpaired) electrons. The third kappa shape index (κ3) is 2.83. The zero-order valence-electron chi connectivity index (χ0n) is 16.2. The number of nitrogens with zero attached hydrogens (tertiary/aromatic N) is 2. The zero-order valence-corrected chi connectivity index (χ0v) is 16.2. The van der Waals surface area contributed by atoms with Crippen molar-refractivity contribution >= 4 is 32.6 Å². The summed E-state index contributed by atoms with van der Waals surface area (Å²) in [6.45, 7) is 0. The van der Waals surface area contributed by atoms with E-state index in [-0.39, 0.29) is 0 Å². The minimum atomic E-state index is 0.821. The first-order chi connectivity index (χ1) is 14.8. The average Bonchev–Trinajstić information content (AvgIpc) is 3.28. The Labute approximate surface area is 173 Å². The summed E-state index contributed by atoms with van der Waals surface area (Å²) in [5, 5.41) is 4.63. The second kappa shape index (κ2) is 6.82. The fourth-order valence-corrected chi connectivity index (χ4v) is 4.19. The standard InChI is InChI=1S/C27H18N2O/c1-2-5-21-15-18(7-8-20(21)4-1)14-19-9-12-28-25(16-19)24-17-22-10-13-30-27(22)26-23(24)6-3-11-29-26/h1-13,15-17H,14H2. The van der Waals surface area contributed by atoms with E-state index in [0.717, 1.165) is 39.6 Å². The predicted octanol–water partition coefficient (Wildman–Crippen LogP) is 6.79. The molecule has 6 aromatic rings. The van der Waals surface area contributed by atoms with Gasteiger partial charge in [0.2, 0.25) is 0 Å². The van der Waals surface area contributed by atoms with Gasteiger partial charge in [0.25, 0.3) is 0 Å². The molecule has 0 aliphatic rings. The lowest BCUT2D eigenvalue weighted by Gasteiger charge is -2.09. The summed E-state index contributed by atoms with van der Waals surface area (Å²) >= 11 is 0. The minimum Gasteiger partial charge on any atom is -0.462 e. The maximum absolute atomic E-state index is 5.68. The van der Waals surface area contributed by atoms with Gasteiger partial charge in [0.15, 0.2) is 5.58 Å². The summed E-state index contributed by atoms with van der Waals surface area (Å²) in [5.41, 5.74) is 6.25. The van der Waals surface area contributed by atoms with E-state index < -0.39 is 0 Å². The van der Waals surface area contributed by atoms with Crippen molar-refractivity contribution in [2.75, 3.05) is 0 Å². The van der Waals surface area contributed by atoms with E-state index in [1.165, 1.54) is 21.9 Å². The van der Waals surface area contributed by atoms with Crippen LogP contribution in [0.4, 0.5) is 0 Å². The third-order valence-corrected chi connectivity index (χ3v) is 5.63. The number of hydrogen-bond acceptors (Lipinski definition) is 3. The lowest BCUT2D eigenvalue weighted by atomic mass is 9.98. The Balaban J connectivity index is 1.44. The van der Waals surface area contributed by atoms with Crippen molar-refractivity contribution in [2.24, 2.45) is 0 Å². The van der Waals surface area contributed by atoms with Gasteiger partial charge < -0.3 is 4.42 Å². The van der Waals surface area contributed by atoms with Crippen molar-refractivity contribution in [3.63, 3.8) is 0 Å². The average molecular weight is 386 g/mol. The monoisotopic (exact) mass is 386 g/mol. The Kier molecular flexibility index (Phi) is 3.85. The highest BCUT2D eigenvalue weighted by Gasteiger charge is 2.13. The molecule has 142 valence electrons. The van der Waals surface area contributed by atoms with Crippen LogP contribution in [0.15, 0.2) is 102 Å². The normalized spacial score (nSPS) is 11.5. The van der Waals surface area contributed by atoms with Crippen LogP contribution in [0.3, 0.4) is 0 Å². The van der Waals surface area contributed by atoms with Crippen LogP contribution >= 0.6 is 0 Å². The SMILES string of the molecule is c1ccc2cc(Cc3ccnc(-c4cc5ccoc5c5ncccc45)c3)ccc2c1. The van der Waals surface area contributed by atoms with E-state index in [1.807, 2.05) is 18.3 Å². The van der Waals surface area contributed by atoms with Crippen molar-refractivity contribution in [1.29, 1.82) is 0 Å². The van der Waals surface area contributed by atoms with Gasteiger partial charge in [-0.3, -0.25) is 9.97 Å². The van der Waals surface area contributed by atoms with Gasteiger partial charge in [0, 0.05) is 28.7 Å². The highest BCUT2D eigenvalue weighted by molar-refractivity contribution is 6.09. The van der Waals surface area contributed by atoms with Gasteiger partial charge in [0.1, 0.15) is 5.52 Å². The summed E-state index contributed by atoms with van der Waals surface area (Å²) in [7, 11) is 0. The molecular formula is C27H18N2O. The van der Waals surface area contributed by atoms with Crippen LogP contribution in [-0.4, -0.2) is 9.97 Å². The van der Waals surface area contributed by atoms with E-state index in [0.29, 0.717) is 0 Å². The van der Waals surface area contributed by atoms with E-state index >= 15 is 0 Å². The van der Waals surface area contributed by atoms with E-state index in [2.05, 4.69) is 76.7 Å². The summed E-state index contributed by atoms with van der Waals surface area (Å²) < 4.78 is 5.68. The smallest absolute Gasteiger partial charge is 0.160 e. The number of rotatable bonds is 3. The van der Waals surface area contributed by atoms with Crippen molar-refractivity contribution < 1.29 is 4.42 Å². The lowest BCUT2D eigenvalue weighted by molar-refractivity contribution is 0.618. The number of fused-ring (bicyclic) bond motifs is 4. The van der Waals surface area contributed by atoms with E-state index in [1.54, 1.807) is 12.5 Å². The van der Waals surface area contributed by atoms with Crippen LogP contribution in [0.5, 0.6) is 0 Å². The van der Waals surface area contributed by atoms with E-state index in [9.17, 15) is 0 Å². The molecule has 0 saturated heterocycles. The molecule has 0 N–H and O–H groups in total. The summed E-state index contributed by atoms with van der Waals surface area (Å²) in [5.74, 6) is 0. The van der Waals surface area contributed by atoms with Crippen molar-refractivity contribution in [2.45, 2.75) is 6.42 Å². The molecule has 0 atom stereocenters. The molecule has 3 aromatic carbocycles. The maximum Gasteiger partial charge on any atom is 0.160 e. The van der Waals surface area contributed by atoms with Crippen molar-refractivity contribution in [1.82, 2.24) is 9.97 Å². The van der Waals surface area contributed by atoms with Crippen LogP contribution in [0.2, 0.25) is 0 Å². The number of hydrogen-bond donors (Lipinski definition) is 0. The Morgan fingerprint density at radius 3 is 2.53 bits per heavy atom. The van der Waals surface area contributed by atoms with Gasteiger partial charge in [-0.25, -0.2) is 0 Å².